The van der Waals surface area contributed by atoms with Crippen LogP contribution in [0.15, 0.2) is 42.5 Å². The Kier molecular flexibility index (Phi) is 7.96. The first kappa shape index (κ1) is 22.8. The normalized spacial score (nSPS) is 12.2. The summed E-state index contributed by atoms with van der Waals surface area (Å²) in [5, 5.41) is 8.87. The fourth-order valence-electron chi connectivity index (χ4n) is 2.46. The lowest BCUT2D eigenvalue weighted by atomic mass is 10.1. The SMILES string of the molecule is Cc1ccc(CC(=O)NC(NC(=S)Nc2cc(C)ccc2C)C(Cl)(Cl)Cl)cc1. The molecule has 150 valence electrons. The minimum atomic E-state index is -1.80. The van der Waals surface area contributed by atoms with E-state index < -0.39 is 9.96 Å². The van der Waals surface area contributed by atoms with Crippen molar-refractivity contribution in [2.45, 2.75) is 37.2 Å². The van der Waals surface area contributed by atoms with E-state index in [1.807, 2.05) is 63.2 Å². The highest BCUT2D eigenvalue weighted by Gasteiger charge is 2.34. The van der Waals surface area contributed by atoms with Gasteiger partial charge < -0.3 is 16.0 Å². The van der Waals surface area contributed by atoms with Crippen molar-refractivity contribution in [1.29, 1.82) is 0 Å². The van der Waals surface area contributed by atoms with E-state index in [-0.39, 0.29) is 17.4 Å². The Labute approximate surface area is 185 Å². The number of thiocarbonyl (C=S) groups is 1. The third-order valence-electron chi connectivity index (χ3n) is 4.03. The van der Waals surface area contributed by atoms with Crippen LogP contribution in [0.25, 0.3) is 0 Å². The molecule has 1 unspecified atom stereocenters. The van der Waals surface area contributed by atoms with E-state index >= 15 is 0 Å². The van der Waals surface area contributed by atoms with Gasteiger partial charge in [0, 0.05) is 5.69 Å². The molecule has 0 aliphatic rings. The minimum absolute atomic E-state index is 0.163. The summed E-state index contributed by atoms with van der Waals surface area (Å²) in [5.41, 5.74) is 4.92. The van der Waals surface area contributed by atoms with Crippen LogP contribution in [0.2, 0.25) is 0 Å². The van der Waals surface area contributed by atoms with Gasteiger partial charge in [0.05, 0.1) is 6.42 Å². The lowest BCUT2D eigenvalue weighted by Gasteiger charge is -2.28. The van der Waals surface area contributed by atoms with Crippen molar-refractivity contribution < 1.29 is 4.79 Å². The third kappa shape index (κ3) is 7.13. The van der Waals surface area contributed by atoms with Crippen molar-refractivity contribution in [2.75, 3.05) is 5.32 Å². The topological polar surface area (TPSA) is 53.2 Å². The van der Waals surface area contributed by atoms with Crippen molar-refractivity contribution in [3.05, 3.63) is 64.7 Å². The Hall–Kier alpha value is -1.53. The standard InChI is InChI=1S/C20H22Cl3N3OS/c1-12-5-8-15(9-6-12)11-17(27)25-18(20(21,22)23)26-19(28)24-16-10-13(2)4-7-14(16)3/h4-10,18H,11H2,1-3H3,(H,25,27)(H2,24,26,28). The van der Waals surface area contributed by atoms with E-state index in [4.69, 9.17) is 47.0 Å². The van der Waals surface area contributed by atoms with Gasteiger partial charge in [-0.15, -0.1) is 0 Å². The van der Waals surface area contributed by atoms with Gasteiger partial charge in [-0.1, -0.05) is 76.8 Å². The molecule has 0 spiro atoms. The van der Waals surface area contributed by atoms with Crippen LogP contribution >= 0.6 is 47.0 Å². The van der Waals surface area contributed by atoms with Crippen molar-refractivity contribution in [2.24, 2.45) is 0 Å². The molecule has 1 amide bonds. The van der Waals surface area contributed by atoms with Gasteiger partial charge in [0.1, 0.15) is 6.17 Å². The molecular weight excluding hydrogens is 437 g/mol. The van der Waals surface area contributed by atoms with E-state index in [9.17, 15) is 4.79 Å². The molecule has 0 heterocycles. The summed E-state index contributed by atoms with van der Waals surface area (Å²) in [6, 6.07) is 13.6. The number of amides is 1. The molecule has 0 aromatic heterocycles. The quantitative estimate of drug-likeness (QED) is 0.337. The van der Waals surface area contributed by atoms with E-state index in [0.717, 1.165) is 27.9 Å². The highest BCUT2D eigenvalue weighted by Crippen LogP contribution is 2.29. The average Bonchev–Trinajstić information content (AvgIpc) is 2.59. The maximum atomic E-state index is 12.4. The van der Waals surface area contributed by atoms with Gasteiger partial charge in [0.25, 0.3) is 0 Å². The molecule has 1 atom stereocenters. The van der Waals surface area contributed by atoms with Gasteiger partial charge in [-0.05, 0) is 55.7 Å². The fraction of sp³-hybridized carbons (Fsp3) is 0.300. The molecule has 4 nitrogen and oxygen atoms in total. The van der Waals surface area contributed by atoms with Gasteiger partial charge in [0.15, 0.2) is 5.11 Å². The Balaban J connectivity index is 2.02. The molecular formula is C20H22Cl3N3OS. The number of nitrogens with one attached hydrogen (secondary N) is 3. The summed E-state index contributed by atoms with van der Waals surface area (Å²) in [5.74, 6) is -0.290. The van der Waals surface area contributed by atoms with Gasteiger partial charge >= 0.3 is 0 Å². The zero-order valence-electron chi connectivity index (χ0n) is 15.8. The van der Waals surface area contributed by atoms with Gasteiger partial charge in [-0.25, -0.2) is 0 Å². The number of hydrogen-bond acceptors (Lipinski definition) is 2. The molecule has 8 heteroatoms. The zero-order chi connectivity index (χ0) is 20.9. The Bertz CT molecular complexity index is 851. The maximum Gasteiger partial charge on any atom is 0.228 e. The van der Waals surface area contributed by atoms with Crippen LogP contribution in [-0.2, 0) is 11.2 Å². The first-order valence-electron chi connectivity index (χ1n) is 8.61. The highest BCUT2D eigenvalue weighted by atomic mass is 35.6. The predicted molar refractivity (Wildman–Crippen MR) is 122 cm³/mol. The molecule has 0 radical (unpaired) electrons. The summed E-state index contributed by atoms with van der Waals surface area (Å²) in [7, 11) is 0. The molecule has 0 saturated heterocycles. The molecule has 2 aromatic carbocycles. The summed E-state index contributed by atoms with van der Waals surface area (Å²) in [6.45, 7) is 5.92. The van der Waals surface area contributed by atoms with Crippen LogP contribution in [0.4, 0.5) is 5.69 Å². The summed E-state index contributed by atoms with van der Waals surface area (Å²) in [6.07, 6.45) is -0.836. The van der Waals surface area contributed by atoms with Crippen LogP contribution in [0.5, 0.6) is 0 Å². The average molecular weight is 459 g/mol. The van der Waals surface area contributed by atoms with Crippen molar-refractivity contribution in [3.63, 3.8) is 0 Å². The first-order chi connectivity index (χ1) is 13.0. The molecule has 2 aromatic rings. The Morgan fingerprint density at radius 3 is 2.21 bits per heavy atom. The first-order valence-corrected chi connectivity index (χ1v) is 10.1. The minimum Gasteiger partial charge on any atom is -0.339 e. The van der Waals surface area contributed by atoms with Crippen molar-refractivity contribution in [1.82, 2.24) is 10.6 Å². The molecule has 0 saturated carbocycles. The monoisotopic (exact) mass is 457 g/mol. The second-order valence-corrected chi connectivity index (χ2v) is 9.40. The largest absolute Gasteiger partial charge is 0.339 e. The fourth-order valence-corrected chi connectivity index (χ4v) is 3.02. The molecule has 0 aliphatic heterocycles. The molecule has 0 aliphatic carbocycles. The van der Waals surface area contributed by atoms with Crippen LogP contribution in [0.3, 0.4) is 0 Å². The molecule has 2 rings (SSSR count). The molecule has 3 N–H and O–H groups in total. The number of benzene rings is 2. The van der Waals surface area contributed by atoms with Gasteiger partial charge in [-0.3, -0.25) is 4.79 Å². The number of carbonyl (C=O) groups excluding carboxylic acids is 1. The maximum absolute atomic E-state index is 12.4. The number of rotatable bonds is 5. The lowest BCUT2D eigenvalue weighted by Crippen LogP contribution is -2.56. The molecule has 0 bridgehead atoms. The Morgan fingerprint density at radius 2 is 1.61 bits per heavy atom. The molecule has 28 heavy (non-hydrogen) atoms. The van der Waals surface area contributed by atoms with Crippen LogP contribution < -0.4 is 16.0 Å². The molecule has 0 fully saturated rings. The van der Waals surface area contributed by atoms with Crippen LogP contribution in [0, 0.1) is 20.8 Å². The predicted octanol–water partition coefficient (Wildman–Crippen LogP) is 4.95. The summed E-state index contributed by atoms with van der Waals surface area (Å²) < 4.78 is -1.80. The second kappa shape index (κ2) is 9.79. The number of anilines is 1. The second-order valence-electron chi connectivity index (χ2n) is 6.62. The van der Waals surface area contributed by atoms with Crippen molar-refractivity contribution >= 4 is 63.7 Å². The smallest absolute Gasteiger partial charge is 0.228 e. The highest BCUT2D eigenvalue weighted by molar-refractivity contribution is 7.80. The summed E-state index contributed by atoms with van der Waals surface area (Å²) in [4.78, 5) is 12.4. The van der Waals surface area contributed by atoms with E-state index in [2.05, 4.69) is 16.0 Å². The van der Waals surface area contributed by atoms with Crippen molar-refractivity contribution in [3.8, 4) is 0 Å². The number of carbonyl (C=O) groups is 1. The number of halogens is 3. The number of alkyl halides is 3. The zero-order valence-corrected chi connectivity index (χ0v) is 18.9. The number of aryl methyl sites for hydroxylation is 3. The van der Waals surface area contributed by atoms with Gasteiger partial charge in [0.2, 0.25) is 9.70 Å². The van der Waals surface area contributed by atoms with Gasteiger partial charge in [-0.2, -0.15) is 0 Å². The van der Waals surface area contributed by atoms with Crippen LogP contribution in [-0.4, -0.2) is 21.0 Å². The van der Waals surface area contributed by atoms with E-state index in [1.54, 1.807) is 0 Å². The Morgan fingerprint density at radius 1 is 1.00 bits per heavy atom. The van der Waals surface area contributed by atoms with Crippen LogP contribution in [0.1, 0.15) is 22.3 Å². The third-order valence-corrected chi connectivity index (χ3v) is 4.91. The number of hydrogen-bond donors (Lipinski definition) is 3. The lowest BCUT2D eigenvalue weighted by molar-refractivity contribution is -0.121. The van der Waals surface area contributed by atoms with E-state index in [1.165, 1.54) is 0 Å². The van der Waals surface area contributed by atoms with E-state index in [0.29, 0.717) is 0 Å². The summed E-state index contributed by atoms with van der Waals surface area (Å²) >= 11 is 23.4.